The fraction of sp³-hybridized carbons (Fsp3) is 0.929. The molecule has 1 unspecified atom stereocenters. The average Bonchev–Trinajstić information content (AvgIpc) is 2.61. The van der Waals surface area contributed by atoms with E-state index in [2.05, 4.69) is 26.1 Å². The van der Waals surface area contributed by atoms with Crippen molar-refractivity contribution in [1.82, 2.24) is 5.32 Å². The van der Waals surface area contributed by atoms with Crippen LogP contribution >= 0.6 is 0 Å². The SMILES string of the molecule is CC(C)CCC(C)NC(=O)CC1(N)CCCC1. The predicted octanol–water partition coefficient (Wildman–Crippen LogP) is 2.59. The Hall–Kier alpha value is -0.570. The largest absolute Gasteiger partial charge is 0.354 e. The summed E-state index contributed by atoms with van der Waals surface area (Å²) in [6, 6.07) is 0.273. The first-order valence-corrected chi connectivity index (χ1v) is 6.99. The van der Waals surface area contributed by atoms with Gasteiger partial charge in [0.15, 0.2) is 0 Å². The molecule has 0 aromatic carbocycles. The summed E-state index contributed by atoms with van der Waals surface area (Å²) in [6.07, 6.45) is 7.07. The molecule has 17 heavy (non-hydrogen) atoms. The van der Waals surface area contributed by atoms with E-state index >= 15 is 0 Å². The van der Waals surface area contributed by atoms with Gasteiger partial charge >= 0.3 is 0 Å². The Morgan fingerprint density at radius 2 is 1.82 bits per heavy atom. The molecule has 1 saturated carbocycles. The van der Waals surface area contributed by atoms with Gasteiger partial charge < -0.3 is 11.1 Å². The fourth-order valence-electron chi connectivity index (χ4n) is 2.56. The minimum absolute atomic E-state index is 0.130. The summed E-state index contributed by atoms with van der Waals surface area (Å²) in [5.74, 6) is 0.829. The topological polar surface area (TPSA) is 55.1 Å². The quantitative estimate of drug-likeness (QED) is 0.750. The first-order valence-electron chi connectivity index (χ1n) is 6.99. The predicted molar refractivity (Wildman–Crippen MR) is 71.7 cm³/mol. The second-order valence-corrected chi connectivity index (χ2v) is 6.19. The molecule has 1 amide bonds. The Labute approximate surface area is 106 Å². The standard InChI is InChI=1S/C14H28N2O/c1-11(2)6-7-12(3)16-13(17)10-14(15)8-4-5-9-14/h11-12H,4-10,15H2,1-3H3,(H,16,17). The van der Waals surface area contributed by atoms with Crippen molar-refractivity contribution in [3.63, 3.8) is 0 Å². The van der Waals surface area contributed by atoms with Gasteiger partial charge in [-0.2, -0.15) is 0 Å². The van der Waals surface area contributed by atoms with Crippen LogP contribution in [0.3, 0.4) is 0 Å². The molecule has 0 bridgehead atoms. The molecule has 3 heteroatoms. The number of hydrogen-bond acceptors (Lipinski definition) is 2. The summed E-state index contributed by atoms with van der Waals surface area (Å²) in [6.45, 7) is 6.50. The summed E-state index contributed by atoms with van der Waals surface area (Å²) in [5.41, 5.74) is 5.98. The van der Waals surface area contributed by atoms with Gasteiger partial charge in [0.25, 0.3) is 0 Å². The van der Waals surface area contributed by atoms with E-state index < -0.39 is 0 Å². The molecule has 3 nitrogen and oxygen atoms in total. The molecular formula is C14H28N2O. The van der Waals surface area contributed by atoms with Crippen molar-refractivity contribution in [1.29, 1.82) is 0 Å². The molecule has 1 fully saturated rings. The summed E-state index contributed by atoms with van der Waals surface area (Å²) in [5, 5.41) is 3.07. The van der Waals surface area contributed by atoms with Gasteiger partial charge in [0.05, 0.1) is 0 Å². The molecular weight excluding hydrogens is 212 g/mol. The van der Waals surface area contributed by atoms with Crippen molar-refractivity contribution in [3.05, 3.63) is 0 Å². The third-order valence-corrected chi connectivity index (χ3v) is 3.70. The number of nitrogens with two attached hydrogens (primary N) is 1. The molecule has 0 heterocycles. The molecule has 1 aliphatic carbocycles. The van der Waals surface area contributed by atoms with Crippen LogP contribution in [0.15, 0.2) is 0 Å². The zero-order valence-corrected chi connectivity index (χ0v) is 11.6. The minimum atomic E-state index is -0.220. The second kappa shape index (κ2) is 6.39. The van der Waals surface area contributed by atoms with Crippen molar-refractivity contribution in [2.75, 3.05) is 0 Å². The van der Waals surface area contributed by atoms with Crippen molar-refractivity contribution >= 4 is 5.91 Å². The smallest absolute Gasteiger partial charge is 0.222 e. The second-order valence-electron chi connectivity index (χ2n) is 6.19. The third-order valence-electron chi connectivity index (χ3n) is 3.70. The summed E-state index contributed by atoms with van der Waals surface area (Å²) in [4.78, 5) is 11.9. The van der Waals surface area contributed by atoms with Gasteiger partial charge in [-0.15, -0.1) is 0 Å². The highest BCUT2D eigenvalue weighted by Gasteiger charge is 2.31. The van der Waals surface area contributed by atoms with Gasteiger partial charge in [0.2, 0.25) is 5.91 Å². The molecule has 0 radical (unpaired) electrons. The Balaban J connectivity index is 2.24. The van der Waals surface area contributed by atoms with Crippen LogP contribution in [0.25, 0.3) is 0 Å². The van der Waals surface area contributed by atoms with Crippen LogP contribution in [-0.4, -0.2) is 17.5 Å². The van der Waals surface area contributed by atoms with Crippen LogP contribution in [0, 0.1) is 5.92 Å². The van der Waals surface area contributed by atoms with Crippen molar-refractivity contribution in [2.45, 2.75) is 77.3 Å². The van der Waals surface area contributed by atoms with E-state index in [0.717, 1.165) is 25.7 Å². The Morgan fingerprint density at radius 3 is 2.35 bits per heavy atom. The lowest BCUT2D eigenvalue weighted by Crippen LogP contribution is -2.44. The number of nitrogens with one attached hydrogen (secondary N) is 1. The van der Waals surface area contributed by atoms with E-state index in [9.17, 15) is 4.79 Å². The molecule has 1 rings (SSSR count). The zero-order valence-electron chi connectivity index (χ0n) is 11.6. The first kappa shape index (κ1) is 14.5. The molecule has 0 aromatic heterocycles. The lowest BCUT2D eigenvalue weighted by Gasteiger charge is -2.24. The van der Waals surface area contributed by atoms with Gasteiger partial charge in [-0.25, -0.2) is 0 Å². The Bertz CT molecular complexity index is 245. The molecule has 0 aromatic rings. The summed E-state index contributed by atoms with van der Waals surface area (Å²) >= 11 is 0. The lowest BCUT2D eigenvalue weighted by molar-refractivity contribution is -0.122. The highest BCUT2D eigenvalue weighted by atomic mass is 16.1. The van der Waals surface area contributed by atoms with Gasteiger partial charge in [-0.05, 0) is 38.5 Å². The first-order chi connectivity index (χ1) is 7.91. The molecule has 1 aliphatic rings. The van der Waals surface area contributed by atoms with Crippen molar-refractivity contribution in [2.24, 2.45) is 11.7 Å². The number of carbonyl (C=O) groups excluding carboxylic acids is 1. The maximum atomic E-state index is 11.9. The zero-order chi connectivity index (χ0) is 12.9. The van der Waals surface area contributed by atoms with E-state index in [1.54, 1.807) is 0 Å². The monoisotopic (exact) mass is 240 g/mol. The average molecular weight is 240 g/mol. The van der Waals surface area contributed by atoms with Gasteiger partial charge in [0.1, 0.15) is 0 Å². The third kappa shape index (κ3) is 5.53. The summed E-state index contributed by atoms with van der Waals surface area (Å²) in [7, 11) is 0. The van der Waals surface area contributed by atoms with Crippen LogP contribution in [-0.2, 0) is 4.79 Å². The fourth-order valence-corrected chi connectivity index (χ4v) is 2.56. The molecule has 0 spiro atoms. The maximum absolute atomic E-state index is 11.9. The minimum Gasteiger partial charge on any atom is -0.354 e. The normalized spacial score (nSPS) is 20.5. The van der Waals surface area contributed by atoms with Crippen molar-refractivity contribution < 1.29 is 4.79 Å². The van der Waals surface area contributed by atoms with E-state index in [1.165, 1.54) is 12.8 Å². The van der Waals surface area contributed by atoms with E-state index in [0.29, 0.717) is 12.3 Å². The van der Waals surface area contributed by atoms with Crippen LogP contribution < -0.4 is 11.1 Å². The molecule has 1 atom stereocenters. The van der Waals surface area contributed by atoms with Crippen LogP contribution in [0.1, 0.15) is 65.7 Å². The van der Waals surface area contributed by atoms with Gasteiger partial charge in [-0.3, -0.25) is 4.79 Å². The Kier molecular flexibility index (Phi) is 5.44. The van der Waals surface area contributed by atoms with Crippen LogP contribution in [0.2, 0.25) is 0 Å². The lowest BCUT2D eigenvalue weighted by atomic mass is 9.94. The van der Waals surface area contributed by atoms with Gasteiger partial charge in [0, 0.05) is 18.0 Å². The molecule has 0 saturated heterocycles. The highest BCUT2D eigenvalue weighted by molar-refractivity contribution is 5.77. The van der Waals surface area contributed by atoms with E-state index in [1.807, 2.05) is 0 Å². The maximum Gasteiger partial charge on any atom is 0.222 e. The summed E-state index contributed by atoms with van der Waals surface area (Å²) < 4.78 is 0. The Morgan fingerprint density at radius 1 is 1.24 bits per heavy atom. The van der Waals surface area contributed by atoms with Crippen LogP contribution in [0.4, 0.5) is 0 Å². The molecule has 3 N–H and O–H groups in total. The molecule has 0 aliphatic heterocycles. The van der Waals surface area contributed by atoms with Crippen LogP contribution in [0.5, 0.6) is 0 Å². The number of hydrogen-bond donors (Lipinski definition) is 2. The van der Waals surface area contributed by atoms with Crippen molar-refractivity contribution in [3.8, 4) is 0 Å². The van der Waals surface area contributed by atoms with E-state index in [4.69, 9.17) is 5.73 Å². The van der Waals surface area contributed by atoms with E-state index in [-0.39, 0.29) is 17.5 Å². The molecule has 100 valence electrons. The number of carbonyl (C=O) groups is 1. The van der Waals surface area contributed by atoms with Gasteiger partial charge in [-0.1, -0.05) is 26.7 Å². The number of amides is 1. The highest BCUT2D eigenvalue weighted by Crippen LogP contribution is 2.29. The number of rotatable bonds is 6.